The summed E-state index contributed by atoms with van der Waals surface area (Å²) in [6.07, 6.45) is 0. The molecular formula is C15H12O4. The van der Waals surface area contributed by atoms with Crippen molar-refractivity contribution in [2.75, 3.05) is 13.4 Å². The van der Waals surface area contributed by atoms with Crippen molar-refractivity contribution in [1.82, 2.24) is 0 Å². The van der Waals surface area contributed by atoms with Gasteiger partial charge in [-0.1, -0.05) is 30.3 Å². The quantitative estimate of drug-likeness (QED) is 0.789. The molecule has 0 amide bonds. The van der Waals surface area contributed by atoms with Crippen LogP contribution in [-0.4, -0.2) is 19.2 Å². The second kappa shape index (κ2) is 5.02. The molecule has 0 saturated carbocycles. The number of ketones is 1. The Bertz CT molecular complexity index is 592. The van der Waals surface area contributed by atoms with Gasteiger partial charge < -0.3 is 14.2 Å². The van der Waals surface area contributed by atoms with E-state index in [1.165, 1.54) is 0 Å². The largest absolute Gasteiger partial charge is 0.485 e. The van der Waals surface area contributed by atoms with Crippen molar-refractivity contribution in [3.05, 3.63) is 54.1 Å². The monoisotopic (exact) mass is 256 g/mol. The topological polar surface area (TPSA) is 44.8 Å². The Balaban J connectivity index is 1.65. The van der Waals surface area contributed by atoms with Crippen LogP contribution in [0.25, 0.3) is 0 Å². The molecule has 4 heteroatoms. The highest BCUT2D eigenvalue weighted by atomic mass is 16.7. The normalized spacial score (nSPS) is 12.2. The zero-order valence-corrected chi connectivity index (χ0v) is 10.2. The van der Waals surface area contributed by atoms with Crippen molar-refractivity contribution in [3.8, 4) is 17.2 Å². The number of carbonyl (C=O) groups excluding carboxylic acids is 1. The number of Topliss-reactive ketones (excluding diaryl/α,β-unsaturated/α-hetero) is 1. The Hall–Kier alpha value is -2.49. The third kappa shape index (κ3) is 2.52. The van der Waals surface area contributed by atoms with Gasteiger partial charge in [0.05, 0.1) is 0 Å². The first-order valence-electron chi connectivity index (χ1n) is 5.93. The van der Waals surface area contributed by atoms with Gasteiger partial charge >= 0.3 is 0 Å². The van der Waals surface area contributed by atoms with Gasteiger partial charge in [-0.15, -0.1) is 0 Å². The summed E-state index contributed by atoms with van der Waals surface area (Å²) < 4.78 is 15.9. The van der Waals surface area contributed by atoms with Crippen molar-refractivity contribution in [3.63, 3.8) is 0 Å². The van der Waals surface area contributed by atoms with Crippen LogP contribution >= 0.6 is 0 Å². The average Bonchev–Trinajstić information content (AvgIpc) is 2.93. The molecule has 0 spiro atoms. The minimum Gasteiger partial charge on any atom is -0.485 e. The van der Waals surface area contributed by atoms with E-state index < -0.39 is 0 Å². The maximum absolute atomic E-state index is 11.9. The van der Waals surface area contributed by atoms with Gasteiger partial charge in [-0.25, -0.2) is 0 Å². The van der Waals surface area contributed by atoms with Crippen LogP contribution in [0.4, 0.5) is 0 Å². The maximum Gasteiger partial charge on any atom is 0.231 e. The standard InChI is InChI=1S/C15H12O4/c16-13(11-4-2-1-3-5-11)9-17-12-6-7-14-15(8-12)19-10-18-14/h1-8H,9-10H2. The Morgan fingerprint density at radius 1 is 1.05 bits per heavy atom. The fraction of sp³-hybridized carbons (Fsp3) is 0.133. The second-order valence-electron chi connectivity index (χ2n) is 4.09. The van der Waals surface area contributed by atoms with E-state index in [0.717, 1.165) is 0 Å². The van der Waals surface area contributed by atoms with E-state index >= 15 is 0 Å². The van der Waals surface area contributed by atoms with Crippen LogP contribution in [0.3, 0.4) is 0 Å². The molecule has 19 heavy (non-hydrogen) atoms. The highest BCUT2D eigenvalue weighted by molar-refractivity contribution is 5.97. The van der Waals surface area contributed by atoms with E-state index in [-0.39, 0.29) is 19.2 Å². The second-order valence-corrected chi connectivity index (χ2v) is 4.09. The van der Waals surface area contributed by atoms with Gasteiger partial charge in [-0.3, -0.25) is 4.79 Å². The molecule has 2 aromatic carbocycles. The molecule has 4 nitrogen and oxygen atoms in total. The number of rotatable bonds is 4. The molecule has 3 rings (SSSR count). The summed E-state index contributed by atoms with van der Waals surface area (Å²) in [5.41, 5.74) is 0.642. The smallest absolute Gasteiger partial charge is 0.231 e. The molecule has 0 saturated heterocycles. The molecule has 1 heterocycles. The van der Waals surface area contributed by atoms with Crippen molar-refractivity contribution in [1.29, 1.82) is 0 Å². The highest BCUT2D eigenvalue weighted by Gasteiger charge is 2.14. The van der Waals surface area contributed by atoms with E-state index in [9.17, 15) is 4.79 Å². The summed E-state index contributed by atoms with van der Waals surface area (Å²) >= 11 is 0. The van der Waals surface area contributed by atoms with Crippen LogP contribution in [0, 0.1) is 0 Å². The van der Waals surface area contributed by atoms with Crippen LogP contribution in [-0.2, 0) is 0 Å². The van der Waals surface area contributed by atoms with Gasteiger partial charge in [0.15, 0.2) is 23.9 Å². The summed E-state index contributed by atoms with van der Waals surface area (Å²) in [6, 6.07) is 14.3. The number of ether oxygens (including phenoxy) is 3. The molecule has 0 unspecified atom stereocenters. The summed E-state index contributed by atoms with van der Waals surface area (Å²) in [5.74, 6) is 1.87. The predicted molar refractivity (Wildman–Crippen MR) is 68.8 cm³/mol. The lowest BCUT2D eigenvalue weighted by atomic mass is 10.1. The lowest BCUT2D eigenvalue weighted by Gasteiger charge is -2.06. The van der Waals surface area contributed by atoms with Crippen LogP contribution in [0.1, 0.15) is 10.4 Å². The summed E-state index contributed by atoms with van der Waals surface area (Å²) in [7, 11) is 0. The third-order valence-corrected chi connectivity index (χ3v) is 2.81. The molecule has 1 aliphatic heterocycles. The lowest BCUT2D eigenvalue weighted by molar-refractivity contribution is 0.0921. The van der Waals surface area contributed by atoms with Gasteiger partial charge in [0.1, 0.15) is 5.75 Å². The van der Waals surface area contributed by atoms with Crippen molar-refractivity contribution < 1.29 is 19.0 Å². The average molecular weight is 256 g/mol. The fourth-order valence-corrected chi connectivity index (χ4v) is 1.82. The Kier molecular flexibility index (Phi) is 3.06. The summed E-state index contributed by atoms with van der Waals surface area (Å²) in [5, 5.41) is 0. The van der Waals surface area contributed by atoms with E-state index in [4.69, 9.17) is 14.2 Å². The van der Waals surface area contributed by atoms with E-state index in [1.54, 1.807) is 30.3 Å². The van der Waals surface area contributed by atoms with Gasteiger partial charge in [-0.05, 0) is 12.1 Å². The molecular weight excluding hydrogens is 244 g/mol. The first-order valence-corrected chi connectivity index (χ1v) is 5.93. The Labute approximate surface area is 110 Å². The maximum atomic E-state index is 11.9. The highest BCUT2D eigenvalue weighted by Crippen LogP contribution is 2.35. The minimum absolute atomic E-state index is 0.00363. The SMILES string of the molecule is O=C(COc1ccc2c(c1)OCO2)c1ccccc1. The molecule has 0 fully saturated rings. The third-order valence-electron chi connectivity index (χ3n) is 2.81. The van der Waals surface area contributed by atoms with Gasteiger partial charge in [0.2, 0.25) is 6.79 Å². The van der Waals surface area contributed by atoms with Crippen LogP contribution < -0.4 is 14.2 Å². The molecule has 0 N–H and O–H groups in total. The number of benzene rings is 2. The molecule has 0 radical (unpaired) electrons. The number of hydrogen-bond donors (Lipinski definition) is 0. The molecule has 0 aromatic heterocycles. The van der Waals surface area contributed by atoms with Crippen LogP contribution in [0.5, 0.6) is 17.2 Å². The molecule has 0 aliphatic carbocycles. The number of fused-ring (bicyclic) bond motifs is 1. The molecule has 0 atom stereocenters. The summed E-state index contributed by atoms with van der Waals surface area (Å²) in [4.78, 5) is 11.9. The predicted octanol–water partition coefficient (Wildman–Crippen LogP) is 2.68. The molecule has 0 bridgehead atoms. The fourth-order valence-electron chi connectivity index (χ4n) is 1.82. The van der Waals surface area contributed by atoms with Crippen molar-refractivity contribution in [2.24, 2.45) is 0 Å². The van der Waals surface area contributed by atoms with E-state index in [0.29, 0.717) is 22.8 Å². The van der Waals surface area contributed by atoms with Crippen molar-refractivity contribution in [2.45, 2.75) is 0 Å². The van der Waals surface area contributed by atoms with Crippen LogP contribution in [0.15, 0.2) is 48.5 Å². The molecule has 96 valence electrons. The number of hydrogen-bond acceptors (Lipinski definition) is 4. The van der Waals surface area contributed by atoms with Crippen LogP contribution in [0.2, 0.25) is 0 Å². The number of carbonyl (C=O) groups is 1. The summed E-state index contributed by atoms with van der Waals surface area (Å²) in [6.45, 7) is 0.228. The van der Waals surface area contributed by atoms with Crippen molar-refractivity contribution >= 4 is 5.78 Å². The zero-order chi connectivity index (χ0) is 13.1. The molecule has 2 aromatic rings. The van der Waals surface area contributed by atoms with Gasteiger partial charge in [0, 0.05) is 11.6 Å². The van der Waals surface area contributed by atoms with Gasteiger partial charge in [-0.2, -0.15) is 0 Å². The first-order chi connectivity index (χ1) is 9.33. The first kappa shape index (κ1) is 11.6. The lowest BCUT2D eigenvalue weighted by Crippen LogP contribution is -2.11. The minimum atomic E-state index is -0.0572. The Morgan fingerprint density at radius 2 is 1.84 bits per heavy atom. The van der Waals surface area contributed by atoms with Gasteiger partial charge in [0.25, 0.3) is 0 Å². The van der Waals surface area contributed by atoms with E-state index in [1.807, 2.05) is 18.2 Å². The molecule has 1 aliphatic rings. The van der Waals surface area contributed by atoms with E-state index in [2.05, 4.69) is 0 Å². The zero-order valence-electron chi connectivity index (χ0n) is 10.2. The Morgan fingerprint density at radius 3 is 2.68 bits per heavy atom.